The van der Waals surface area contributed by atoms with Gasteiger partial charge < -0.3 is 24.6 Å². The molecule has 1 amide bonds. The first kappa shape index (κ1) is 22.9. The largest absolute Gasteiger partial charge is 0.385 e. The fourth-order valence-electron chi connectivity index (χ4n) is 4.07. The summed E-state index contributed by atoms with van der Waals surface area (Å²) < 4.78 is 11.0. The Balaban J connectivity index is 1.78. The van der Waals surface area contributed by atoms with Crippen LogP contribution in [0.4, 0.5) is 0 Å². The van der Waals surface area contributed by atoms with Gasteiger partial charge in [0.2, 0.25) is 5.91 Å². The van der Waals surface area contributed by atoms with Crippen LogP contribution in [0.2, 0.25) is 0 Å². The highest BCUT2D eigenvalue weighted by Gasteiger charge is 2.26. The molecule has 2 aliphatic heterocycles. The van der Waals surface area contributed by atoms with Crippen molar-refractivity contribution in [1.29, 1.82) is 0 Å². The van der Waals surface area contributed by atoms with Gasteiger partial charge in [-0.15, -0.1) is 0 Å². The standard InChI is InChI=1S/C21H40N4O3/c1-4-18(25-13-6-8-20(25)26)9-12-23-21(22-5-2)24-14-10-19(11-15-24)28-17-7-16-27-3/h18-19H,4-17H2,1-3H3,(H,22,23). The number of hydrogen-bond acceptors (Lipinski definition) is 4. The molecule has 2 heterocycles. The molecule has 1 atom stereocenters. The number of ether oxygens (including phenoxy) is 2. The number of aliphatic imine (C=N–C) groups is 1. The van der Waals surface area contributed by atoms with Gasteiger partial charge in [-0.05, 0) is 45.4 Å². The summed E-state index contributed by atoms with van der Waals surface area (Å²) in [7, 11) is 1.73. The zero-order chi connectivity index (χ0) is 20.2. The van der Waals surface area contributed by atoms with Crippen molar-refractivity contribution in [2.75, 3.05) is 53.0 Å². The number of methoxy groups -OCH3 is 1. The van der Waals surface area contributed by atoms with E-state index in [0.717, 1.165) is 90.4 Å². The van der Waals surface area contributed by atoms with Gasteiger partial charge in [0.25, 0.3) is 0 Å². The second-order valence-corrected chi connectivity index (χ2v) is 7.68. The molecule has 7 heteroatoms. The van der Waals surface area contributed by atoms with Crippen molar-refractivity contribution < 1.29 is 14.3 Å². The van der Waals surface area contributed by atoms with Gasteiger partial charge >= 0.3 is 0 Å². The summed E-state index contributed by atoms with van der Waals surface area (Å²) in [5, 5.41) is 3.44. The average Bonchev–Trinajstić information content (AvgIpc) is 3.14. The van der Waals surface area contributed by atoms with Crippen LogP contribution in [-0.2, 0) is 14.3 Å². The topological polar surface area (TPSA) is 66.4 Å². The Labute approximate surface area is 170 Å². The van der Waals surface area contributed by atoms with E-state index >= 15 is 0 Å². The van der Waals surface area contributed by atoms with E-state index in [2.05, 4.69) is 29.0 Å². The highest BCUT2D eigenvalue weighted by atomic mass is 16.5. The van der Waals surface area contributed by atoms with E-state index < -0.39 is 0 Å². The van der Waals surface area contributed by atoms with E-state index in [-0.39, 0.29) is 0 Å². The van der Waals surface area contributed by atoms with E-state index in [9.17, 15) is 4.79 Å². The normalized spacial score (nSPS) is 20.1. The van der Waals surface area contributed by atoms with Crippen LogP contribution in [0, 0.1) is 0 Å². The van der Waals surface area contributed by atoms with Gasteiger partial charge in [0, 0.05) is 65.5 Å². The molecule has 0 radical (unpaired) electrons. The number of nitrogens with zero attached hydrogens (tertiary/aromatic N) is 3. The van der Waals surface area contributed by atoms with Gasteiger partial charge in [-0.25, -0.2) is 0 Å². The van der Waals surface area contributed by atoms with Crippen LogP contribution in [0.25, 0.3) is 0 Å². The van der Waals surface area contributed by atoms with Crippen LogP contribution >= 0.6 is 0 Å². The van der Waals surface area contributed by atoms with Crippen LogP contribution < -0.4 is 5.32 Å². The van der Waals surface area contributed by atoms with Crippen LogP contribution in [0.5, 0.6) is 0 Å². The van der Waals surface area contributed by atoms with Crippen molar-refractivity contribution in [1.82, 2.24) is 15.1 Å². The molecular formula is C21H40N4O3. The maximum absolute atomic E-state index is 12.0. The van der Waals surface area contributed by atoms with Gasteiger partial charge in [0.15, 0.2) is 5.96 Å². The number of likely N-dealkylation sites (tertiary alicyclic amines) is 2. The molecule has 28 heavy (non-hydrogen) atoms. The Morgan fingerprint density at radius 1 is 1.25 bits per heavy atom. The zero-order valence-electron chi connectivity index (χ0n) is 18.1. The first-order valence-corrected chi connectivity index (χ1v) is 11.1. The minimum Gasteiger partial charge on any atom is -0.385 e. The van der Waals surface area contributed by atoms with Gasteiger partial charge in [0.1, 0.15) is 0 Å². The lowest BCUT2D eigenvalue weighted by atomic mass is 10.1. The van der Waals surface area contributed by atoms with Crippen LogP contribution in [-0.4, -0.2) is 86.9 Å². The number of rotatable bonds is 11. The molecule has 0 aliphatic carbocycles. The number of carbonyl (C=O) groups is 1. The summed E-state index contributed by atoms with van der Waals surface area (Å²) in [4.78, 5) is 21.3. The number of carbonyl (C=O) groups excluding carboxylic acids is 1. The summed E-state index contributed by atoms with van der Waals surface area (Å²) in [6.07, 6.45) is 7.05. The molecule has 162 valence electrons. The zero-order valence-corrected chi connectivity index (χ0v) is 18.1. The molecule has 0 bridgehead atoms. The van der Waals surface area contributed by atoms with Gasteiger partial charge in [-0.3, -0.25) is 9.79 Å². The molecule has 2 fully saturated rings. The minimum absolute atomic E-state index is 0.315. The number of guanidine groups is 1. The van der Waals surface area contributed by atoms with Gasteiger partial charge in [-0.2, -0.15) is 0 Å². The monoisotopic (exact) mass is 396 g/mol. The minimum atomic E-state index is 0.315. The van der Waals surface area contributed by atoms with E-state index in [1.165, 1.54) is 0 Å². The van der Waals surface area contributed by atoms with Crippen LogP contribution in [0.1, 0.15) is 58.8 Å². The summed E-state index contributed by atoms with van der Waals surface area (Å²) in [5.74, 6) is 1.32. The first-order valence-electron chi connectivity index (χ1n) is 11.1. The summed E-state index contributed by atoms with van der Waals surface area (Å²) in [5.41, 5.74) is 0. The Morgan fingerprint density at radius 3 is 2.64 bits per heavy atom. The Bertz CT molecular complexity index is 478. The maximum Gasteiger partial charge on any atom is 0.222 e. The Kier molecular flexibility index (Phi) is 10.6. The Hall–Kier alpha value is -1.34. The molecule has 2 saturated heterocycles. The second-order valence-electron chi connectivity index (χ2n) is 7.68. The molecule has 1 N–H and O–H groups in total. The molecule has 0 saturated carbocycles. The van der Waals surface area contributed by atoms with E-state index in [1.54, 1.807) is 7.11 Å². The van der Waals surface area contributed by atoms with Crippen LogP contribution in [0.15, 0.2) is 4.99 Å². The van der Waals surface area contributed by atoms with E-state index in [4.69, 9.17) is 14.5 Å². The fourth-order valence-corrected chi connectivity index (χ4v) is 4.07. The summed E-state index contributed by atoms with van der Waals surface area (Å²) >= 11 is 0. The third-order valence-corrected chi connectivity index (χ3v) is 5.67. The third-order valence-electron chi connectivity index (χ3n) is 5.67. The summed E-state index contributed by atoms with van der Waals surface area (Å²) in [6.45, 7) is 10.3. The molecule has 1 unspecified atom stereocenters. The van der Waals surface area contributed by atoms with Crippen molar-refractivity contribution in [3.05, 3.63) is 0 Å². The van der Waals surface area contributed by atoms with Crippen molar-refractivity contribution >= 4 is 11.9 Å². The smallest absolute Gasteiger partial charge is 0.222 e. The molecular weight excluding hydrogens is 356 g/mol. The predicted molar refractivity (Wildman–Crippen MR) is 113 cm³/mol. The van der Waals surface area contributed by atoms with E-state index in [1.807, 2.05) is 0 Å². The van der Waals surface area contributed by atoms with Crippen molar-refractivity contribution in [3.63, 3.8) is 0 Å². The molecule has 7 nitrogen and oxygen atoms in total. The van der Waals surface area contributed by atoms with Crippen molar-refractivity contribution in [3.8, 4) is 0 Å². The molecule has 2 rings (SSSR count). The molecule has 0 aromatic carbocycles. The lowest BCUT2D eigenvalue weighted by Crippen LogP contribution is -2.47. The predicted octanol–water partition coefficient (Wildman–Crippen LogP) is 2.26. The van der Waals surface area contributed by atoms with Gasteiger partial charge in [0.05, 0.1) is 6.10 Å². The quantitative estimate of drug-likeness (QED) is 0.330. The second kappa shape index (κ2) is 13.0. The molecule has 0 spiro atoms. The number of nitrogens with one attached hydrogen (secondary N) is 1. The lowest BCUT2D eigenvalue weighted by molar-refractivity contribution is -0.129. The number of piperidine rings is 1. The molecule has 0 aromatic heterocycles. The molecule has 0 aromatic rings. The highest BCUT2D eigenvalue weighted by Crippen LogP contribution is 2.18. The van der Waals surface area contributed by atoms with E-state index in [0.29, 0.717) is 24.5 Å². The Morgan fingerprint density at radius 2 is 2.04 bits per heavy atom. The fraction of sp³-hybridized carbons (Fsp3) is 0.905. The first-order chi connectivity index (χ1) is 13.7. The lowest BCUT2D eigenvalue weighted by Gasteiger charge is -2.34. The number of amides is 1. The molecule has 2 aliphatic rings. The third kappa shape index (κ3) is 7.24. The highest BCUT2D eigenvalue weighted by molar-refractivity contribution is 5.80. The van der Waals surface area contributed by atoms with Crippen molar-refractivity contribution in [2.45, 2.75) is 70.9 Å². The maximum atomic E-state index is 12.0. The van der Waals surface area contributed by atoms with Crippen molar-refractivity contribution in [2.24, 2.45) is 4.99 Å². The number of hydrogen-bond donors (Lipinski definition) is 1. The average molecular weight is 397 g/mol. The van der Waals surface area contributed by atoms with Crippen LogP contribution in [0.3, 0.4) is 0 Å². The SMILES string of the molecule is CCNC(=NCCC(CC)N1CCCC1=O)N1CCC(OCCCOC)CC1. The summed E-state index contributed by atoms with van der Waals surface area (Å²) in [6, 6.07) is 0.327. The van der Waals surface area contributed by atoms with Gasteiger partial charge in [-0.1, -0.05) is 6.92 Å².